The van der Waals surface area contributed by atoms with E-state index in [1.54, 1.807) is 12.1 Å². The Balaban J connectivity index is 2.42. The molecule has 0 amide bonds. The molecule has 0 radical (unpaired) electrons. The van der Waals surface area contributed by atoms with Gasteiger partial charge in [0.1, 0.15) is 0 Å². The minimum Gasteiger partial charge on any atom is -0.479 e. The van der Waals surface area contributed by atoms with Crippen LogP contribution in [0.5, 0.6) is 0 Å². The number of aliphatic carboxylic acids is 1. The van der Waals surface area contributed by atoms with Crippen LogP contribution in [0.2, 0.25) is 0 Å². The summed E-state index contributed by atoms with van der Waals surface area (Å²) in [7, 11) is 0. The van der Waals surface area contributed by atoms with Gasteiger partial charge in [-0.3, -0.25) is 0 Å². The third kappa shape index (κ3) is 1.72. The molecule has 0 fully saturated rings. The van der Waals surface area contributed by atoms with Gasteiger partial charge in [0.15, 0.2) is 5.60 Å². The predicted octanol–water partition coefficient (Wildman–Crippen LogP) is 3.35. The van der Waals surface area contributed by atoms with Crippen molar-refractivity contribution in [2.75, 3.05) is 0 Å². The van der Waals surface area contributed by atoms with Crippen molar-refractivity contribution in [3.8, 4) is 0 Å². The van der Waals surface area contributed by atoms with Crippen LogP contribution in [-0.2, 0) is 10.4 Å². The van der Waals surface area contributed by atoms with E-state index < -0.39 is 11.6 Å². The van der Waals surface area contributed by atoms with E-state index in [-0.39, 0.29) is 0 Å². The first-order valence-electron chi connectivity index (χ1n) is 5.88. The average Bonchev–Trinajstić information content (AvgIpc) is 2.76. The lowest BCUT2D eigenvalue weighted by atomic mass is 9.94. The Morgan fingerprint density at radius 3 is 2.53 bits per heavy atom. The van der Waals surface area contributed by atoms with E-state index >= 15 is 0 Å². The lowest BCUT2D eigenvalue weighted by Gasteiger charge is -2.18. The molecule has 1 heterocycles. The summed E-state index contributed by atoms with van der Waals surface area (Å²) in [5.74, 6) is -1.24. The number of thiophene rings is 1. The molecule has 2 N–H and O–H groups in total. The fraction of sp³-hybridized carbons (Fsp3) is 0.133. The molecule has 0 aliphatic heterocycles. The van der Waals surface area contributed by atoms with Gasteiger partial charge in [-0.25, -0.2) is 4.79 Å². The molecule has 0 saturated heterocycles. The minimum absolute atomic E-state index is 0.443. The number of aliphatic hydroxyl groups is 1. The van der Waals surface area contributed by atoms with Crippen molar-refractivity contribution < 1.29 is 15.0 Å². The summed E-state index contributed by atoms with van der Waals surface area (Å²) in [6.07, 6.45) is 0. The highest BCUT2D eigenvalue weighted by Gasteiger charge is 2.34. The molecule has 1 atom stereocenters. The van der Waals surface area contributed by atoms with E-state index in [1.807, 2.05) is 30.3 Å². The van der Waals surface area contributed by atoms with E-state index in [4.69, 9.17) is 0 Å². The number of carboxylic acids is 1. The molecule has 3 nitrogen and oxygen atoms in total. The summed E-state index contributed by atoms with van der Waals surface area (Å²) >= 11 is 1.51. The minimum atomic E-state index is -1.87. The van der Waals surface area contributed by atoms with Crippen molar-refractivity contribution in [1.29, 1.82) is 0 Å². The molecule has 1 aromatic heterocycles. The van der Waals surface area contributed by atoms with Gasteiger partial charge in [-0.2, -0.15) is 0 Å². The summed E-state index contributed by atoms with van der Waals surface area (Å²) in [6, 6.07) is 13.3. The number of hydrogen-bond donors (Lipinski definition) is 2. The maximum atomic E-state index is 11.2. The van der Waals surface area contributed by atoms with Crippen molar-refractivity contribution in [2.24, 2.45) is 0 Å². The molecule has 3 aromatic rings. The third-order valence-corrected chi connectivity index (χ3v) is 4.57. The van der Waals surface area contributed by atoms with Crippen LogP contribution in [0.15, 0.2) is 42.5 Å². The molecule has 2 aromatic carbocycles. The Kier molecular flexibility index (Phi) is 2.59. The zero-order valence-corrected chi connectivity index (χ0v) is 11.1. The number of hydrogen-bond acceptors (Lipinski definition) is 3. The third-order valence-electron chi connectivity index (χ3n) is 3.35. The standard InChI is InChI=1S/C15H12O3S/c1-15(18,14(16)17)11-7-4-6-10-9-5-2-3-8-12(9)19-13(10)11/h2-8,18H,1H3,(H,16,17)/t15-/m1/s1. The van der Waals surface area contributed by atoms with Crippen LogP contribution in [0.4, 0.5) is 0 Å². The van der Waals surface area contributed by atoms with Crippen LogP contribution < -0.4 is 0 Å². The highest BCUT2D eigenvalue weighted by molar-refractivity contribution is 7.26. The second-order valence-electron chi connectivity index (χ2n) is 4.66. The van der Waals surface area contributed by atoms with Gasteiger partial charge in [-0.05, 0) is 13.0 Å². The zero-order chi connectivity index (χ0) is 13.6. The topological polar surface area (TPSA) is 57.5 Å². The lowest BCUT2D eigenvalue weighted by molar-refractivity contribution is -0.157. The molecular formula is C15H12O3S. The van der Waals surface area contributed by atoms with Crippen molar-refractivity contribution in [3.05, 3.63) is 48.0 Å². The van der Waals surface area contributed by atoms with Crippen molar-refractivity contribution in [1.82, 2.24) is 0 Å². The SMILES string of the molecule is C[C@](O)(C(=O)O)c1cccc2c1sc1ccccc12. The highest BCUT2D eigenvalue weighted by atomic mass is 32.1. The van der Waals surface area contributed by atoms with E-state index in [1.165, 1.54) is 18.3 Å². The molecule has 0 aliphatic rings. The zero-order valence-electron chi connectivity index (χ0n) is 10.3. The smallest absolute Gasteiger partial charge is 0.340 e. The molecule has 3 rings (SSSR count). The largest absolute Gasteiger partial charge is 0.479 e. The van der Waals surface area contributed by atoms with Crippen molar-refractivity contribution in [2.45, 2.75) is 12.5 Å². The summed E-state index contributed by atoms with van der Waals surface area (Å²) in [4.78, 5) is 11.2. The van der Waals surface area contributed by atoms with Crippen LogP contribution in [0.3, 0.4) is 0 Å². The van der Waals surface area contributed by atoms with Crippen LogP contribution in [0.1, 0.15) is 12.5 Å². The number of rotatable bonds is 2. The van der Waals surface area contributed by atoms with Gasteiger partial charge in [0, 0.05) is 25.7 Å². The molecule has 4 heteroatoms. The second-order valence-corrected chi connectivity index (χ2v) is 5.71. The van der Waals surface area contributed by atoms with E-state index in [0.29, 0.717) is 5.56 Å². The fourth-order valence-corrected chi connectivity index (χ4v) is 3.56. The summed E-state index contributed by atoms with van der Waals surface area (Å²) in [6.45, 7) is 1.31. The first-order valence-corrected chi connectivity index (χ1v) is 6.70. The molecule has 0 aliphatic carbocycles. The molecular weight excluding hydrogens is 260 g/mol. The first kappa shape index (κ1) is 12.1. The van der Waals surface area contributed by atoms with Crippen LogP contribution in [-0.4, -0.2) is 16.2 Å². The van der Waals surface area contributed by atoms with Gasteiger partial charge in [0.2, 0.25) is 0 Å². The van der Waals surface area contributed by atoms with Gasteiger partial charge < -0.3 is 10.2 Å². The van der Waals surface area contributed by atoms with Gasteiger partial charge >= 0.3 is 5.97 Å². The van der Waals surface area contributed by atoms with Gasteiger partial charge in [-0.1, -0.05) is 36.4 Å². The lowest BCUT2D eigenvalue weighted by Crippen LogP contribution is -2.31. The van der Waals surface area contributed by atoms with Crippen LogP contribution in [0.25, 0.3) is 20.2 Å². The molecule has 0 saturated carbocycles. The van der Waals surface area contributed by atoms with E-state index in [9.17, 15) is 15.0 Å². The molecule has 0 unspecified atom stereocenters. The molecule has 19 heavy (non-hydrogen) atoms. The summed E-state index contributed by atoms with van der Waals surface area (Å²) < 4.78 is 1.92. The van der Waals surface area contributed by atoms with E-state index in [2.05, 4.69) is 0 Å². The highest BCUT2D eigenvalue weighted by Crippen LogP contribution is 2.39. The normalized spacial score (nSPS) is 14.6. The van der Waals surface area contributed by atoms with Crippen LogP contribution in [0, 0.1) is 0 Å². The number of fused-ring (bicyclic) bond motifs is 3. The predicted molar refractivity (Wildman–Crippen MR) is 76.5 cm³/mol. The number of carbonyl (C=O) groups is 1. The molecule has 0 spiro atoms. The Hall–Kier alpha value is -1.91. The summed E-state index contributed by atoms with van der Waals surface area (Å²) in [5.41, 5.74) is -1.43. The Morgan fingerprint density at radius 1 is 1.11 bits per heavy atom. The quantitative estimate of drug-likeness (QED) is 0.752. The molecule has 96 valence electrons. The van der Waals surface area contributed by atoms with Crippen molar-refractivity contribution in [3.63, 3.8) is 0 Å². The summed E-state index contributed by atoms with van der Waals surface area (Å²) in [5, 5.41) is 21.5. The maximum absolute atomic E-state index is 11.2. The van der Waals surface area contributed by atoms with Gasteiger partial charge in [-0.15, -0.1) is 11.3 Å². The Morgan fingerprint density at radius 2 is 1.79 bits per heavy atom. The fourth-order valence-electron chi connectivity index (χ4n) is 2.25. The van der Waals surface area contributed by atoms with Gasteiger partial charge in [0.25, 0.3) is 0 Å². The van der Waals surface area contributed by atoms with Crippen LogP contribution >= 0.6 is 11.3 Å². The Labute approximate surface area is 113 Å². The van der Waals surface area contributed by atoms with Crippen molar-refractivity contribution >= 4 is 37.5 Å². The van der Waals surface area contributed by atoms with E-state index in [0.717, 1.165) is 20.2 Å². The second kappa shape index (κ2) is 4.05. The van der Waals surface area contributed by atoms with Gasteiger partial charge in [0.05, 0.1) is 0 Å². The number of carboxylic acid groups (broad SMARTS) is 1. The monoisotopic (exact) mass is 272 g/mol. The molecule has 0 bridgehead atoms. The average molecular weight is 272 g/mol. The first-order chi connectivity index (χ1) is 9.01. The maximum Gasteiger partial charge on any atom is 0.340 e. The Bertz CT molecular complexity index is 786. The number of benzene rings is 2.